The Hall–Kier alpha value is -1.03. The molecule has 0 bridgehead atoms. The van der Waals surface area contributed by atoms with Gasteiger partial charge >= 0.3 is 0 Å². The van der Waals surface area contributed by atoms with Crippen molar-refractivity contribution in [2.45, 2.75) is 44.6 Å². The van der Waals surface area contributed by atoms with Crippen LogP contribution in [-0.2, 0) is 0 Å². The van der Waals surface area contributed by atoms with E-state index in [1.165, 1.54) is 44.9 Å². The van der Waals surface area contributed by atoms with Gasteiger partial charge in [-0.25, -0.2) is 9.97 Å². The average molecular weight is 256 g/mol. The van der Waals surface area contributed by atoms with Crippen LogP contribution in [0.2, 0.25) is 5.15 Å². The fraction of sp³-hybridized carbons (Fsp3) is 0.667. The van der Waals surface area contributed by atoms with E-state index in [0.717, 1.165) is 0 Å². The first-order valence-corrected chi connectivity index (χ1v) is 6.50. The van der Waals surface area contributed by atoms with Gasteiger partial charge in [0.1, 0.15) is 6.33 Å². The number of ether oxygens (including phenoxy) is 1. The highest BCUT2D eigenvalue weighted by Gasteiger charge is 2.16. The van der Waals surface area contributed by atoms with Gasteiger partial charge in [0.05, 0.1) is 7.11 Å². The molecule has 1 heterocycles. The molecule has 1 aromatic heterocycles. The summed E-state index contributed by atoms with van der Waals surface area (Å²) in [7, 11) is 1.59. The lowest BCUT2D eigenvalue weighted by atomic mass is 10.1. The zero-order valence-corrected chi connectivity index (χ0v) is 10.8. The average Bonchev–Trinajstić information content (AvgIpc) is 2.58. The van der Waals surface area contributed by atoms with E-state index in [9.17, 15) is 0 Å². The molecule has 1 aliphatic rings. The Balaban J connectivity index is 2.09. The van der Waals surface area contributed by atoms with Gasteiger partial charge in [-0.1, -0.05) is 37.3 Å². The van der Waals surface area contributed by atoms with Crippen LogP contribution in [0.4, 0.5) is 5.82 Å². The molecule has 0 amide bonds. The maximum absolute atomic E-state index is 5.96. The molecule has 0 unspecified atom stereocenters. The third-order valence-corrected chi connectivity index (χ3v) is 3.43. The van der Waals surface area contributed by atoms with Gasteiger partial charge < -0.3 is 10.1 Å². The van der Waals surface area contributed by atoms with Gasteiger partial charge in [-0.05, 0) is 12.8 Å². The third kappa shape index (κ3) is 3.22. The molecule has 1 aromatic rings. The summed E-state index contributed by atoms with van der Waals surface area (Å²) in [6.45, 7) is 0. The summed E-state index contributed by atoms with van der Waals surface area (Å²) in [5.41, 5.74) is 0. The van der Waals surface area contributed by atoms with Gasteiger partial charge in [0, 0.05) is 6.04 Å². The van der Waals surface area contributed by atoms with Gasteiger partial charge in [-0.2, -0.15) is 0 Å². The summed E-state index contributed by atoms with van der Waals surface area (Å²) >= 11 is 5.96. The number of methoxy groups -OCH3 is 1. The van der Waals surface area contributed by atoms with Crippen molar-refractivity contribution in [1.82, 2.24) is 9.97 Å². The predicted octanol–water partition coefficient (Wildman–Crippen LogP) is 3.27. The largest absolute Gasteiger partial charge is 0.490 e. The van der Waals surface area contributed by atoms with Gasteiger partial charge in [0.15, 0.2) is 16.7 Å². The smallest absolute Gasteiger partial charge is 0.198 e. The molecule has 1 N–H and O–H groups in total. The number of halogens is 1. The lowest BCUT2D eigenvalue weighted by Crippen LogP contribution is -2.19. The number of aromatic nitrogens is 2. The molecular weight excluding hydrogens is 238 g/mol. The fourth-order valence-electron chi connectivity index (χ4n) is 2.25. The zero-order chi connectivity index (χ0) is 12.1. The van der Waals surface area contributed by atoms with E-state index in [1.54, 1.807) is 7.11 Å². The molecule has 0 spiro atoms. The van der Waals surface area contributed by atoms with Crippen molar-refractivity contribution in [2.75, 3.05) is 12.4 Å². The lowest BCUT2D eigenvalue weighted by Gasteiger charge is -2.18. The van der Waals surface area contributed by atoms with Crippen molar-refractivity contribution in [3.05, 3.63) is 11.5 Å². The monoisotopic (exact) mass is 255 g/mol. The topological polar surface area (TPSA) is 47.0 Å². The van der Waals surface area contributed by atoms with Crippen LogP contribution in [0.5, 0.6) is 5.75 Å². The molecule has 0 aromatic carbocycles. The Morgan fingerprint density at radius 3 is 2.59 bits per heavy atom. The van der Waals surface area contributed by atoms with Gasteiger partial charge in [-0.3, -0.25) is 0 Å². The molecule has 4 nitrogen and oxygen atoms in total. The molecule has 2 rings (SSSR count). The van der Waals surface area contributed by atoms with Crippen molar-refractivity contribution in [1.29, 1.82) is 0 Å². The molecule has 17 heavy (non-hydrogen) atoms. The predicted molar refractivity (Wildman–Crippen MR) is 68.7 cm³/mol. The van der Waals surface area contributed by atoms with Gasteiger partial charge in [0.25, 0.3) is 0 Å². The molecule has 94 valence electrons. The third-order valence-electron chi connectivity index (χ3n) is 3.16. The van der Waals surface area contributed by atoms with Crippen LogP contribution in [0.1, 0.15) is 38.5 Å². The van der Waals surface area contributed by atoms with Crippen LogP contribution < -0.4 is 10.1 Å². The van der Waals surface area contributed by atoms with Crippen LogP contribution in [0.3, 0.4) is 0 Å². The second-order valence-electron chi connectivity index (χ2n) is 4.38. The minimum absolute atomic E-state index is 0.360. The highest BCUT2D eigenvalue weighted by molar-refractivity contribution is 6.31. The Kier molecular flexibility index (Phi) is 4.42. The number of hydrogen-bond acceptors (Lipinski definition) is 4. The van der Waals surface area contributed by atoms with Crippen LogP contribution in [0.15, 0.2) is 6.33 Å². The van der Waals surface area contributed by atoms with Crippen LogP contribution in [0, 0.1) is 0 Å². The molecule has 0 radical (unpaired) electrons. The van der Waals surface area contributed by atoms with Crippen molar-refractivity contribution in [2.24, 2.45) is 0 Å². The number of rotatable bonds is 3. The highest BCUT2D eigenvalue weighted by Crippen LogP contribution is 2.30. The number of nitrogens with one attached hydrogen (secondary N) is 1. The summed E-state index contributed by atoms with van der Waals surface area (Å²) in [6.07, 6.45) is 9.05. The Morgan fingerprint density at radius 1 is 1.24 bits per heavy atom. The van der Waals surface area contributed by atoms with Crippen LogP contribution in [-0.4, -0.2) is 23.1 Å². The van der Waals surface area contributed by atoms with Gasteiger partial charge in [0.2, 0.25) is 0 Å². The first-order chi connectivity index (χ1) is 8.31. The van der Waals surface area contributed by atoms with E-state index in [0.29, 0.717) is 22.8 Å². The van der Waals surface area contributed by atoms with E-state index in [4.69, 9.17) is 16.3 Å². The van der Waals surface area contributed by atoms with E-state index in [1.807, 2.05) is 0 Å². The van der Waals surface area contributed by atoms with E-state index in [2.05, 4.69) is 15.3 Å². The second-order valence-corrected chi connectivity index (χ2v) is 4.74. The Labute approximate surface area is 107 Å². The van der Waals surface area contributed by atoms with Crippen molar-refractivity contribution < 1.29 is 4.74 Å². The SMILES string of the molecule is COc1c(Cl)ncnc1NC1CCCCCC1. The highest BCUT2D eigenvalue weighted by atomic mass is 35.5. The molecule has 1 aliphatic carbocycles. The number of anilines is 1. The molecule has 5 heteroatoms. The Bertz CT molecular complexity index is 365. The molecule has 0 atom stereocenters. The molecule has 0 aliphatic heterocycles. The summed E-state index contributed by atoms with van der Waals surface area (Å²) in [5.74, 6) is 1.25. The normalized spacial score (nSPS) is 17.5. The minimum atomic E-state index is 0.360. The quantitative estimate of drug-likeness (QED) is 0.665. The van der Waals surface area contributed by atoms with Gasteiger partial charge in [-0.15, -0.1) is 0 Å². The van der Waals surface area contributed by atoms with E-state index >= 15 is 0 Å². The maximum Gasteiger partial charge on any atom is 0.198 e. The maximum atomic E-state index is 5.96. The molecular formula is C12H18ClN3O. The fourth-order valence-corrected chi connectivity index (χ4v) is 2.46. The van der Waals surface area contributed by atoms with Crippen LogP contribution in [0.25, 0.3) is 0 Å². The standard InChI is InChI=1S/C12H18ClN3O/c1-17-10-11(13)14-8-15-12(10)16-9-6-4-2-3-5-7-9/h8-9H,2-7H2,1H3,(H,14,15,16). The van der Waals surface area contributed by atoms with E-state index < -0.39 is 0 Å². The van der Waals surface area contributed by atoms with Crippen molar-refractivity contribution in [3.8, 4) is 5.75 Å². The molecule has 1 saturated carbocycles. The van der Waals surface area contributed by atoms with Crippen molar-refractivity contribution >= 4 is 17.4 Å². The summed E-state index contributed by atoms with van der Waals surface area (Å²) in [5, 5.41) is 3.78. The Morgan fingerprint density at radius 2 is 1.94 bits per heavy atom. The first-order valence-electron chi connectivity index (χ1n) is 6.12. The zero-order valence-electron chi connectivity index (χ0n) is 10.1. The summed E-state index contributed by atoms with van der Waals surface area (Å²) < 4.78 is 5.23. The minimum Gasteiger partial charge on any atom is -0.490 e. The second kappa shape index (κ2) is 6.05. The molecule has 1 fully saturated rings. The summed E-state index contributed by atoms with van der Waals surface area (Å²) in [4.78, 5) is 8.11. The first kappa shape index (κ1) is 12.4. The summed E-state index contributed by atoms with van der Waals surface area (Å²) in [6, 6.07) is 0.470. The lowest BCUT2D eigenvalue weighted by molar-refractivity contribution is 0.412. The number of hydrogen-bond donors (Lipinski definition) is 1. The van der Waals surface area contributed by atoms with Crippen molar-refractivity contribution in [3.63, 3.8) is 0 Å². The van der Waals surface area contributed by atoms with Crippen LogP contribution >= 0.6 is 11.6 Å². The molecule has 0 saturated heterocycles. The number of nitrogens with zero attached hydrogens (tertiary/aromatic N) is 2. The van der Waals surface area contributed by atoms with E-state index in [-0.39, 0.29) is 0 Å².